The predicted molar refractivity (Wildman–Crippen MR) is 36.8 cm³/mol. The van der Waals surface area contributed by atoms with Crippen LogP contribution in [0, 0.1) is 0 Å². The van der Waals surface area contributed by atoms with Crippen LogP contribution in [0.4, 0.5) is 17.6 Å². The summed E-state index contributed by atoms with van der Waals surface area (Å²) in [5.74, 6) is 0. The van der Waals surface area contributed by atoms with Crippen molar-refractivity contribution in [1.29, 1.82) is 0 Å². The zero-order chi connectivity index (χ0) is 8.41. The first-order valence-corrected chi connectivity index (χ1v) is 5.01. The molecule has 0 bridgehead atoms. The van der Waals surface area contributed by atoms with Crippen LogP contribution in [0.15, 0.2) is 0 Å². The van der Waals surface area contributed by atoms with Gasteiger partial charge in [0.2, 0.25) is 0 Å². The number of alkyl halides is 4. The lowest BCUT2D eigenvalue weighted by molar-refractivity contribution is -0.0815. The minimum Gasteiger partial charge on any atom is -0.185 e. The van der Waals surface area contributed by atoms with Gasteiger partial charge in [-0.1, -0.05) is 0 Å². The summed E-state index contributed by atoms with van der Waals surface area (Å²) in [7, 11) is 7.43. The zero-order valence-corrected chi connectivity index (χ0v) is 7.23. The Morgan fingerprint density at radius 1 is 0.800 bits per heavy atom. The van der Waals surface area contributed by atoms with Crippen LogP contribution in [-0.4, -0.2) is 10.5 Å². The maximum atomic E-state index is 11.9. The summed E-state index contributed by atoms with van der Waals surface area (Å²) < 4.78 is 47.6. The van der Waals surface area contributed by atoms with Crippen LogP contribution < -0.4 is 0 Å². The first-order chi connectivity index (χ1) is 4.37. The molecule has 0 saturated carbocycles. The fraction of sp³-hybridized carbons (Fsp3) is 1.00. The molecule has 0 aromatic carbocycles. The van der Waals surface area contributed by atoms with Crippen molar-refractivity contribution in [3.05, 3.63) is 0 Å². The molecule has 0 aliphatic heterocycles. The van der Waals surface area contributed by atoms with Gasteiger partial charge in [-0.15, -0.1) is 0 Å². The molecule has 0 unspecified atom stereocenters. The van der Waals surface area contributed by atoms with Crippen molar-refractivity contribution in [3.63, 3.8) is 0 Å². The summed E-state index contributed by atoms with van der Waals surface area (Å²) >= 11 is 0. The maximum absolute atomic E-state index is 11.9. The Morgan fingerprint density at radius 3 is 1.10 bits per heavy atom. The molecule has 0 saturated heterocycles. The van der Waals surface area contributed by atoms with Crippen LogP contribution in [0.3, 0.4) is 0 Å². The Bertz CT molecular complexity index is 104. The van der Waals surface area contributed by atoms with Crippen molar-refractivity contribution in [1.82, 2.24) is 0 Å². The molecule has 0 aliphatic rings. The van der Waals surface area contributed by atoms with Crippen LogP contribution in [0.2, 0.25) is 0 Å². The average Bonchev–Trinajstić information content (AvgIpc) is 1.88. The fourth-order valence-corrected chi connectivity index (χ4v) is 1.38. The highest BCUT2D eigenvalue weighted by atomic mass is 35.7. The summed E-state index contributed by atoms with van der Waals surface area (Å²) in [4.78, 5) is 0. The molecule has 0 atom stereocenters. The minimum absolute atomic E-state index is 0.758. The van der Waals surface area contributed by atoms with Gasteiger partial charge in [0, 0.05) is 22.0 Å². The molecule has 0 amide bonds. The van der Waals surface area contributed by atoms with Crippen LogP contribution in [0.5, 0.6) is 0 Å². The van der Waals surface area contributed by atoms with Crippen LogP contribution in [0.1, 0.15) is 0 Å². The van der Waals surface area contributed by atoms with Gasteiger partial charge in [0.1, 0.15) is 0 Å². The third kappa shape index (κ3) is 2.25. The smallest absolute Gasteiger partial charge is 0.185 e. The molecule has 0 radical (unpaired) electrons. The van der Waals surface area contributed by atoms with Gasteiger partial charge in [0.15, 0.2) is 0 Å². The fourth-order valence-electron chi connectivity index (χ4n) is 0.0898. The monoisotopic (exact) mass is 234 g/mol. The number of hydrogen-bond donors (Lipinski definition) is 0. The van der Waals surface area contributed by atoms with Crippen molar-refractivity contribution in [2.45, 2.75) is 10.5 Å². The van der Waals surface area contributed by atoms with E-state index in [0.29, 0.717) is 0 Å². The third-order valence-electron chi connectivity index (χ3n) is 0.533. The standard InChI is InChI=1S/C2Cl2F4S2/c3-9-1(5,6)2(7,8)10-4. The third-order valence-corrected chi connectivity index (χ3v) is 2.72. The molecular weight excluding hydrogens is 235 g/mol. The van der Waals surface area contributed by atoms with Gasteiger partial charge in [0.05, 0.1) is 0 Å². The molecule has 8 heteroatoms. The second-order valence-corrected chi connectivity index (χ2v) is 3.45. The molecular formula is C2Cl2F4S2. The summed E-state index contributed by atoms with van der Waals surface area (Å²) in [6.45, 7) is 0. The summed E-state index contributed by atoms with van der Waals surface area (Å²) in [5.41, 5.74) is 0. The van der Waals surface area contributed by atoms with Gasteiger partial charge in [-0.3, -0.25) is 0 Å². The van der Waals surface area contributed by atoms with Gasteiger partial charge in [0.25, 0.3) is 0 Å². The van der Waals surface area contributed by atoms with E-state index in [1.165, 1.54) is 0 Å². The topological polar surface area (TPSA) is 0 Å². The molecule has 0 aromatic rings. The average molecular weight is 235 g/mol. The predicted octanol–water partition coefficient (Wildman–Crippen LogP) is 3.95. The molecule has 0 N–H and O–H groups in total. The highest BCUT2D eigenvalue weighted by molar-refractivity contribution is 8.25. The van der Waals surface area contributed by atoms with Gasteiger partial charge in [-0.05, 0) is 21.4 Å². The molecule has 0 aromatic heterocycles. The molecule has 0 nitrogen and oxygen atoms in total. The number of hydrogen-bond acceptors (Lipinski definition) is 2. The Labute approximate surface area is 71.6 Å². The Kier molecular flexibility index (Phi) is 3.96. The first-order valence-electron chi connectivity index (χ1n) is 1.72. The maximum Gasteiger partial charge on any atom is 0.380 e. The van der Waals surface area contributed by atoms with E-state index in [1.54, 1.807) is 0 Å². The lowest BCUT2D eigenvalue weighted by Gasteiger charge is -2.19. The van der Waals surface area contributed by atoms with E-state index in [9.17, 15) is 17.6 Å². The zero-order valence-electron chi connectivity index (χ0n) is 4.08. The summed E-state index contributed by atoms with van der Waals surface area (Å²) in [6.07, 6.45) is 0. The first kappa shape index (κ1) is 11.0. The van der Waals surface area contributed by atoms with Gasteiger partial charge in [-0.25, -0.2) is 0 Å². The van der Waals surface area contributed by atoms with Gasteiger partial charge in [-0.2, -0.15) is 17.6 Å². The second kappa shape index (κ2) is 3.60. The molecule has 62 valence electrons. The molecule has 0 heterocycles. The van der Waals surface area contributed by atoms with Crippen molar-refractivity contribution in [3.8, 4) is 0 Å². The Morgan fingerprint density at radius 2 is 1.00 bits per heavy atom. The van der Waals surface area contributed by atoms with E-state index < -0.39 is 32.5 Å². The SMILES string of the molecule is FC(F)(SCl)C(F)(F)SCl. The lowest BCUT2D eigenvalue weighted by Crippen LogP contribution is -2.31. The van der Waals surface area contributed by atoms with Gasteiger partial charge >= 0.3 is 10.5 Å². The van der Waals surface area contributed by atoms with Crippen molar-refractivity contribution in [2.24, 2.45) is 0 Å². The van der Waals surface area contributed by atoms with Crippen LogP contribution >= 0.6 is 43.3 Å². The van der Waals surface area contributed by atoms with Gasteiger partial charge < -0.3 is 0 Å². The summed E-state index contributed by atoms with van der Waals surface area (Å²) in [6, 6.07) is 0. The normalized spacial score (nSPS) is 13.8. The second-order valence-electron chi connectivity index (χ2n) is 1.19. The van der Waals surface area contributed by atoms with Crippen molar-refractivity contribution >= 4 is 43.3 Å². The molecule has 0 rings (SSSR count). The molecule has 10 heavy (non-hydrogen) atoms. The largest absolute Gasteiger partial charge is 0.380 e. The van der Waals surface area contributed by atoms with Crippen molar-refractivity contribution in [2.75, 3.05) is 0 Å². The summed E-state index contributed by atoms with van der Waals surface area (Å²) in [5, 5.41) is -8.66. The van der Waals surface area contributed by atoms with E-state index in [-0.39, 0.29) is 0 Å². The van der Waals surface area contributed by atoms with E-state index in [4.69, 9.17) is 0 Å². The number of halogens is 6. The van der Waals surface area contributed by atoms with E-state index in [2.05, 4.69) is 21.4 Å². The Hall–Kier alpha value is 1.00. The number of rotatable bonds is 3. The molecule has 0 spiro atoms. The molecule has 0 aliphatic carbocycles. The van der Waals surface area contributed by atoms with Crippen LogP contribution in [0.25, 0.3) is 0 Å². The van der Waals surface area contributed by atoms with E-state index in [0.717, 1.165) is 0 Å². The van der Waals surface area contributed by atoms with E-state index >= 15 is 0 Å². The Balaban J connectivity index is 4.28. The minimum atomic E-state index is -4.33. The van der Waals surface area contributed by atoms with Crippen LogP contribution in [-0.2, 0) is 0 Å². The quantitative estimate of drug-likeness (QED) is 0.679. The van der Waals surface area contributed by atoms with Crippen molar-refractivity contribution < 1.29 is 17.6 Å². The van der Waals surface area contributed by atoms with E-state index in [1.807, 2.05) is 0 Å². The highest BCUT2D eigenvalue weighted by Crippen LogP contribution is 2.52. The highest BCUT2D eigenvalue weighted by Gasteiger charge is 2.57. The lowest BCUT2D eigenvalue weighted by atomic mass is 10.7. The molecule has 0 fully saturated rings.